The maximum Gasteiger partial charge on any atom is 0.285 e. The number of amides is 1. The first kappa shape index (κ1) is 12.2. The van der Waals surface area contributed by atoms with Crippen LogP contribution in [0, 0.1) is 0 Å². The molecule has 1 aromatic heterocycles. The van der Waals surface area contributed by atoms with Crippen LogP contribution in [0.3, 0.4) is 0 Å². The van der Waals surface area contributed by atoms with E-state index in [9.17, 15) is 13.2 Å². The van der Waals surface area contributed by atoms with Crippen molar-refractivity contribution >= 4 is 27.4 Å². The molecule has 15 heavy (non-hydrogen) atoms. The molecule has 84 valence electrons. The van der Waals surface area contributed by atoms with Gasteiger partial charge in [0.05, 0.1) is 12.7 Å². The van der Waals surface area contributed by atoms with Crippen LogP contribution in [0.4, 0.5) is 0 Å². The zero-order chi connectivity index (χ0) is 11.5. The van der Waals surface area contributed by atoms with E-state index in [0.717, 1.165) is 16.2 Å². The van der Waals surface area contributed by atoms with Crippen molar-refractivity contribution in [2.24, 2.45) is 0 Å². The molecule has 0 bridgehead atoms. The zero-order valence-electron chi connectivity index (χ0n) is 8.34. The van der Waals surface area contributed by atoms with Crippen LogP contribution in [0.15, 0.2) is 17.5 Å². The van der Waals surface area contributed by atoms with Gasteiger partial charge in [-0.05, 0) is 11.4 Å². The second kappa shape index (κ2) is 4.73. The number of likely N-dealkylation sites (N-methyl/N-ethyl adjacent to an activating group) is 1. The molecular weight excluding hydrogens is 238 g/mol. The Morgan fingerprint density at radius 1 is 1.60 bits per heavy atom. The third-order valence-electron chi connectivity index (χ3n) is 1.50. The molecule has 0 aliphatic rings. The molecule has 0 aliphatic heterocycles. The number of nitrogens with zero attached hydrogens (tertiary/aromatic N) is 1. The molecule has 0 aromatic carbocycles. The van der Waals surface area contributed by atoms with Crippen LogP contribution in [0.1, 0.15) is 4.88 Å². The molecule has 0 fully saturated rings. The van der Waals surface area contributed by atoms with E-state index >= 15 is 0 Å². The fourth-order valence-electron chi connectivity index (χ4n) is 0.918. The summed E-state index contributed by atoms with van der Waals surface area (Å²) in [4.78, 5) is 12.3. The Balaban J connectivity index is 2.54. The summed E-state index contributed by atoms with van der Waals surface area (Å²) in [5.41, 5.74) is 0. The molecule has 0 radical (unpaired) electrons. The summed E-state index contributed by atoms with van der Waals surface area (Å²) >= 11 is 1.43. The first-order chi connectivity index (χ1) is 6.88. The number of rotatable bonds is 4. The van der Waals surface area contributed by atoms with E-state index in [0.29, 0.717) is 0 Å². The van der Waals surface area contributed by atoms with Crippen LogP contribution >= 0.6 is 11.3 Å². The van der Waals surface area contributed by atoms with Crippen LogP contribution in [0.2, 0.25) is 0 Å². The highest BCUT2D eigenvalue weighted by Crippen LogP contribution is 2.10. The Labute approximate surface area is 92.4 Å². The Morgan fingerprint density at radius 2 is 2.27 bits per heavy atom. The van der Waals surface area contributed by atoms with Crippen molar-refractivity contribution in [2.45, 2.75) is 6.42 Å². The van der Waals surface area contributed by atoms with E-state index < -0.39 is 16.0 Å². The Morgan fingerprint density at radius 3 is 2.73 bits per heavy atom. The van der Waals surface area contributed by atoms with Crippen molar-refractivity contribution in [3.05, 3.63) is 22.4 Å². The summed E-state index contributed by atoms with van der Waals surface area (Å²) in [6.45, 7) is 0. The van der Waals surface area contributed by atoms with Gasteiger partial charge < -0.3 is 0 Å². The third-order valence-corrected chi connectivity index (χ3v) is 2.87. The molecule has 1 amide bonds. The van der Waals surface area contributed by atoms with Gasteiger partial charge in [-0.25, -0.2) is 5.06 Å². The highest BCUT2D eigenvalue weighted by Gasteiger charge is 2.15. The SMILES string of the molecule is CN(OS(C)(=O)=O)C(=O)Cc1cccs1. The molecule has 0 N–H and O–H groups in total. The van der Waals surface area contributed by atoms with Gasteiger partial charge in [0.1, 0.15) is 0 Å². The summed E-state index contributed by atoms with van der Waals surface area (Å²) in [6, 6.07) is 3.63. The Kier molecular flexibility index (Phi) is 3.83. The number of carbonyl (C=O) groups is 1. The lowest BCUT2D eigenvalue weighted by Gasteiger charge is -2.13. The average Bonchev–Trinajstić information content (AvgIpc) is 2.53. The second-order valence-corrected chi connectivity index (χ2v) is 5.52. The number of carbonyl (C=O) groups excluding carboxylic acids is 1. The van der Waals surface area contributed by atoms with E-state index in [-0.39, 0.29) is 6.42 Å². The lowest BCUT2D eigenvalue weighted by Crippen LogP contribution is -2.30. The summed E-state index contributed by atoms with van der Waals surface area (Å²) < 4.78 is 25.9. The van der Waals surface area contributed by atoms with Gasteiger partial charge in [-0.1, -0.05) is 6.07 Å². The van der Waals surface area contributed by atoms with Crippen LogP contribution < -0.4 is 0 Å². The van der Waals surface area contributed by atoms with Gasteiger partial charge >= 0.3 is 0 Å². The Bertz CT molecular complexity index is 424. The number of hydrogen-bond donors (Lipinski definition) is 0. The minimum atomic E-state index is -3.64. The van der Waals surface area contributed by atoms with Crippen LogP contribution in [0.25, 0.3) is 0 Å². The normalized spacial score (nSPS) is 11.3. The van der Waals surface area contributed by atoms with Crippen LogP contribution in [-0.2, 0) is 25.6 Å². The third kappa shape index (κ3) is 4.41. The molecule has 0 saturated heterocycles. The predicted octanol–water partition coefficient (Wildman–Crippen LogP) is 0.640. The molecule has 0 spiro atoms. The van der Waals surface area contributed by atoms with Gasteiger partial charge in [0.15, 0.2) is 0 Å². The lowest BCUT2D eigenvalue weighted by molar-refractivity contribution is -0.150. The van der Waals surface area contributed by atoms with Crippen molar-refractivity contribution < 1.29 is 17.5 Å². The monoisotopic (exact) mass is 249 g/mol. The molecule has 0 atom stereocenters. The molecule has 1 heterocycles. The minimum absolute atomic E-state index is 0.143. The van der Waals surface area contributed by atoms with Crippen molar-refractivity contribution in [3.8, 4) is 0 Å². The van der Waals surface area contributed by atoms with Gasteiger partial charge in [0.25, 0.3) is 16.0 Å². The van der Waals surface area contributed by atoms with Crippen molar-refractivity contribution in [1.82, 2.24) is 5.06 Å². The van der Waals surface area contributed by atoms with Gasteiger partial charge in [0.2, 0.25) is 0 Å². The van der Waals surface area contributed by atoms with Crippen molar-refractivity contribution in [1.29, 1.82) is 0 Å². The van der Waals surface area contributed by atoms with E-state index in [1.165, 1.54) is 18.4 Å². The lowest BCUT2D eigenvalue weighted by atomic mass is 10.3. The maximum atomic E-state index is 11.4. The van der Waals surface area contributed by atoms with Crippen LogP contribution in [0.5, 0.6) is 0 Å². The van der Waals surface area contributed by atoms with E-state index in [4.69, 9.17) is 0 Å². The first-order valence-corrected chi connectivity index (χ1v) is 6.76. The van der Waals surface area contributed by atoms with Gasteiger partial charge in [-0.15, -0.1) is 15.6 Å². The highest BCUT2D eigenvalue weighted by atomic mass is 32.2. The topological polar surface area (TPSA) is 63.7 Å². The summed E-state index contributed by atoms with van der Waals surface area (Å²) in [7, 11) is -2.36. The molecule has 1 rings (SSSR count). The first-order valence-electron chi connectivity index (χ1n) is 4.07. The zero-order valence-corrected chi connectivity index (χ0v) is 9.97. The molecule has 5 nitrogen and oxygen atoms in total. The quantitative estimate of drug-likeness (QED) is 0.735. The smallest absolute Gasteiger partial charge is 0.272 e. The predicted molar refractivity (Wildman–Crippen MR) is 56.7 cm³/mol. The maximum absolute atomic E-state index is 11.4. The number of thiophene rings is 1. The molecule has 7 heteroatoms. The average molecular weight is 249 g/mol. The standard InChI is InChI=1S/C8H11NO4S2/c1-9(13-15(2,11)12)8(10)6-7-4-3-5-14-7/h3-5H,6H2,1-2H3. The molecule has 0 aliphatic carbocycles. The Hall–Kier alpha value is -0.920. The molecule has 0 unspecified atom stereocenters. The van der Waals surface area contributed by atoms with Crippen molar-refractivity contribution in [2.75, 3.05) is 13.3 Å². The number of hydroxylamine groups is 2. The van der Waals surface area contributed by atoms with E-state index in [1.807, 2.05) is 11.4 Å². The van der Waals surface area contributed by atoms with E-state index in [2.05, 4.69) is 4.28 Å². The van der Waals surface area contributed by atoms with Gasteiger partial charge in [-0.3, -0.25) is 4.79 Å². The molecule has 0 saturated carbocycles. The van der Waals surface area contributed by atoms with Gasteiger partial charge in [-0.2, -0.15) is 8.42 Å². The fraction of sp³-hybridized carbons (Fsp3) is 0.375. The summed E-state index contributed by atoms with van der Waals surface area (Å²) in [5.74, 6) is -0.400. The molecule has 1 aromatic rings. The summed E-state index contributed by atoms with van der Waals surface area (Å²) in [6.07, 6.45) is 1.03. The number of hydrogen-bond acceptors (Lipinski definition) is 5. The second-order valence-electron chi connectivity index (χ2n) is 2.93. The summed E-state index contributed by atoms with van der Waals surface area (Å²) in [5, 5.41) is 2.58. The fourth-order valence-corrected chi connectivity index (χ4v) is 2.10. The van der Waals surface area contributed by atoms with Crippen molar-refractivity contribution in [3.63, 3.8) is 0 Å². The van der Waals surface area contributed by atoms with Crippen LogP contribution in [-0.4, -0.2) is 32.7 Å². The van der Waals surface area contributed by atoms with E-state index in [1.54, 1.807) is 6.07 Å². The largest absolute Gasteiger partial charge is 0.285 e. The highest BCUT2D eigenvalue weighted by molar-refractivity contribution is 7.85. The van der Waals surface area contributed by atoms with Gasteiger partial charge in [0, 0.05) is 11.9 Å². The molecular formula is C8H11NO4S2. The minimum Gasteiger partial charge on any atom is -0.272 e.